The lowest BCUT2D eigenvalue weighted by molar-refractivity contribution is 0.0695. The molecule has 1 aromatic carbocycles. The maximum absolute atomic E-state index is 11.9. The summed E-state index contributed by atoms with van der Waals surface area (Å²) in [6.45, 7) is 2.25. The molecule has 0 amide bonds. The molecule has 0 spiro atoms. The van der Waals surface area contributed by atoms with Crippen molar-refractivity contribution in [2.75, 3.05) is 5.32 Å². The first-order valence-electron chi connectivity index (χ1n) is 10.7. The monoisotopic (exact) mass is 468 g/mol. The number of rotatable bonds is 7. The number of pyridine rings is 2. The fourth-order valence-electron chi connectivity index (χ4n) is 3.64. The van der Waals surface area contributed by atoms with E-state index >= 15 is 0 Å². The molecule has 4 aromatic rings. The molecule has 35 heavy (non-hydrogen) atoms. The highest BCUT2D eigenvalue weighted by Crippen LogP contribution is 2.39. The van der Waals surface area contributed by atoms with Crippen LogP contribution in [0.5, 0.6) is 11.5 Å². The minimum absolute atomic E-state index is 0.00184. The van der Waals surface area contributed by atoms with Crippen LogP contribution in [-0.2, 0) is 6.61 Å². The highest BCUT2D eigenvalue weighted by molar-refractivity contribution is 6.21. The van der Waals surface area contributed by atoms with Crippen molar-refractivity contribution >= 4 is 41.2 Å². The van der Waals surface area contributed by atoms with Crippen molar-refractivity contribution in [2.24, 2.45) is 4.99 Å². The van der Waals surface area contributed by atoms with Gasteiger partial charge in [-0.15, -0.1) is 0 Å². The third-order valence-electron chi connectivity index (χ3n) is 5.43. The number of ether oxygens (including phenoxy) is 1. The van der Waals surface area contributed by atoms with Crippen LogP contribution in [0.2, 0.25) is 0 Å². The van der Waals surface area contributed by atoms with Gasteiger partial charge in [0, 0.05) is 41.6 Å². The Balaban J connectivity index is 1.40. The third kappa shape index (κ3) is 4.47. The standard InChI is InChI=1S/C26H20N4O5/c1-15-11-18(34-14-16-6-9-27-10-7-16)4-5-20(15)30-25-22(26(32)33)23(31)21(35-25)12-17-13-29-24-19(17)3-2-8-28-24/h2-13,30-31H,14H2,1H3,(H,32,33). The summed E-state index contributed by atoms with van der Waals surface area (Å²) in [7, 11) is 0. The van der Waals surface area contributed by atoms with E-state index in [1.165, 1.54) is 6.08 Å². The van der Waals surface area contributed by atoms with Gasteiger partial charge in [-0.25, -0.2) is 14.8 Å². The first kappa shape index (κ1) is 21.9. The fourth-order valence-corrected chi connectivity index (χ4v) is 3.64. The van der Waals surface area contributed by atoms with E-state index in [1.807, 2.05) is 31.2 Å². The number of hydrogen-bond acceptors (Lipinski definition) is 8. The van der Waals surface area contributed by atoms with Crippen LogP contribution >= 0.6 is 0 Å². The Morgan fingerprint density at radius 3 is 2.77 bits per heavy atom. The van der Waals surface area contributed by atoms with Gasteiger partial charge < -0.3 is 24.7 Å². The molecule has 4 heterocycles. The Bertz CT molecular complexity index is 1470. The predicted molar refractivity (Wildman–Crippen MR) is 131 cm³/mol. The lowest BCUT2D eigenvalue weighted by Crippen LogP contribution is -2.01. The number of allylic oxidation sites excluding steroid dienone is 1. The fraction of sp³-hybridized carbons (Fsp3) is 0.0769. The summed E-state index contributed by atoms with van der Waals surface area (Å²) in [5.74, 6) is -0.689. The van der Waals surface area contributed by atoms with Gasteiger partial charge in [0.1, 0.15) is 12.4 Å². The molecule has 0 bridgehead atoms. The number of aromatic carboxylic acids is 1. The number of nitrogens with one attached hydrogen (secondary N) is 1. The number of aromatic hydroxyl groups is 1. The first-order valence-corrected chi connectivity index (χ1v) is 10.7. The van der Waals surface area contributed by atoms with Crippen molar-refractivity contribution in [1.29, 1.82) is 0 Å². The summed E-state index contributed by atoms with van der Waals surface area (Å²) in [6, 6.07) is 12.7. The van der Waals surface area contributed by atoms with E-state index < -0.39 is 11.7 Å². The zero-order valence-electron chi connectivity index (χ0n) is 18.6. The Morgan fingerprint density at radius 1 is 1.17 bits per heavy atom. The molecular weight excluding hydrogens is 448 g/mol. The van der Waals surface area contributed by atoms with E-state index in [9.17, 15) is 15.0 Å². The minimum atomic E-state index is -1.32. The number of fused-ring (bicyclic) bond motifs is 1. The largest absolute Gasteiger partial charge is 0.504 e. The van der Waals surface area contributed by atoms with Crippen LogP contribution in [0.3, 0.4) is 0 Å². The highest BCUT2D eigenvalue weighted by Gasteiger charge is 2.26. The number of nitrogens with zero attached hydrogens (tertiary/aromatic N) is 3. The molecule has 174 valence electrons. The second kappa shape index (κ2) is 9.14. The van der Waals surface area contributed by atoms with Crippen molar-refractivity contribution in [3.8, 4) is 11.5 Å². The first-order chi connectivity index (χ1) is 17.0. The molecule has 9 heteroatoms. The number of aryl methyl sites for hydroxylation is 1. The molecule has 1 aliphatic heterocycles. The second-order valence-electron chi connectivity index (χ2n) is 7.80. The Labute approximate surface area is 200 Å². The lowest BCUT2D eigenvalue weighted by Gasteiger charge is -2.11. The maximum Gasteiger partial charge on any atom is 0.345 e. The summed E-state index contributed by atoms with van der Waals surface area (Å²) >= 11 is 0. The van der Waals surface area contributed by atoms with Crippen molar-refractivity contribution in [3.05, 3.63) is 89.1 Å². The van der Waals surface area contributed by atoms with Gasteiger partial charge in [-0.1, -0.05) is 0 Å². The molecule has 0 radical (unpaired) electrons. The molecule has 0 atom stereocenters. The van der Waals surface area contributed by atoms with Crippen molar-refractivity contribution in [1.82, 2.24) is 9.97 Å². The van der Waals surface area contributed by atoms with Crippen LogP contribution in [0.1, 0.15) is 32.8 Å². The number of carboxylic acid groups (broad SMARTS) is 1. The van der Waals surface area contributed by atoms with Crippen molar-refractivity contribution < 1.29 is 24.2 Å². The zero-order chi connectivity index (χ0) is 24.4. The topological polar surface area (TPSA) is 130 Å². The molecule has 1 aliphatic rings. The second-order valence-corrected chi connectivity index (χ2v) is 7.80. The number of furan rings is 1. The van der Waals surface area contributed by atoms with Gasteiger partial charge in [0.25, 0.3) is 0 Å². The summed E-state index contributed by atoms with van der Waals surface area (Å²) in [5.41, 5.74) is 3.43. The number of aromatic nitrogens is 2. The van der Waals surface area contributed by atoms with Crippen LogP contribution in [0.25, 0.3) is 11.6 Å². The Kier molecular flexibility index (Phi) is 5.72. The van der Waals surface area contributed by atoms with Gasteiger partial charge >= 0.3 is 5.97 Å². The smallest absolute Gasteiger partial charge is 0.345 e. The van der Waals surface area contributed by atoms with Crippen LogP contribution in [0.4, 0.5) is 17.4 Å². The number of aliphatic imine (C=N–C) groups is 1. The SMILES string of the molecule is Cc1cc(OCc2ccncc2)ccc1Nc1oc(C=C2C=Nc3ncccc32)c(O)c1C(=O)O. The number of benzene rings is 1. The van der Waals surface area contributed by atoms with Crippen molar-refractivity contribution in [3.63, 3.8) is 0 Å². The molecule has 5 rings (SSSR count). The van der Waals surface area contributed by atoms with Gasteiger partial charge in [0.15, 0.2) is 22.9 Å². The number of carbonyl (C=O) groups is 1. The molecule has 0 fully saturated rings. The van der Waals surface area contributed by atoms with Gasteiger partial charge in [0.2, 0.25) is 5.88 Å². The lowest BCUT2D eigenvalue weighted by atomic mass is 10.1. The van der Waals surface area contributed by atoms with E-state index in [0.29, 0.717) is 29.4 Å². The van der Waals surface area contributed by atoms with E-state index in [0.717, 1.165) is 16.7 Å². The van der Waals surface area contributed by atoms with E-state index in [1.54, 1.807) is 43.0 Å². The highest BCUT2D eigenvalue weighted by atomic mass is 16.5. The summed E-state index contributed by atoms with van der Waals surface area (Å²) < 4.78 is 11.6. The van der Waals surface area contributed by atoms with Gasteiger partial charge in [-0.05, 0) is 66.6 Å². The molecule has 0 unspecified atom stereocenters. The molecule has 3 aromatic heterocycles. The summed E-state index contributed by atoms with van der Waals surface area (Å²) in [5, 5.41) is 23.3. The van der Waals surface area contributed by atoms with Gasteiger partial charge in [0.05, 0.1) is 0 Å². The van der Waals surface area contributed by atoms with Gasteiger partial charge in [-0.2, -0.15) is 0 Å². The Morgan fingerprint density at radius 2 is 2.00 bits per heavy atom. The van der Waals surface area contributed by atoms with E-state index in [2.05, 4.69) is 20.3 Å². The summed E-state index contributed by atoms with van der Waals surface area (Å²) in [6.07, 6.45) is 8.16. The molecule has 0 aliphatic carbocycles. The molecular formula is C26H20N4O5. The molecule has 9 nitrogen and oxygen atoms in total. The number of anilines is 2. The Hall–Kier alpha value is -4.92. The predicted octanol–water partition coefficient (Wildman–Crippen LogP) is 5.36. The third-order valence-corrected chi connectivity index (χ3v) is 5.43. The number of carboxylic acids is 1. The zero-order valence-corrected chi connectivity index (χ0v) is 18.6. The van der Waals surface area contributed by atoms with Crippen LogP contribution in [0, 0.1) is 6.92 Å². The molecule has 0 saturated carbocycles. The average molecular weight is 468 g/mol. The molecule has 3 N–H and O–H groups in total. The van der Waals surface area contributed by atoms with Crippen molar-refractivity contribution in [2.45, 2.75) is 13.5 Å². The number of hydrogen-bond donors (Lipinski definition) is 3. The normalized spacial score (nSPS) is 13.1. The average Bonchev–Trinajstić information content (AvgIpc) is 3.40. The van der Waals surface area contributed by atoms with Gasteiger partial charge in [-0.3, -0.25) is 4.98 Å². The summed E-state index contributed by atoms with van der Waals surface area (Å²) in [4.78, 5) is 24.3. The van der Waals surface area contributed by atoms with E-state index in [-0.39, 0.29) is 17.2 Å². The maximum atomic E-state index is 11.9. The van der Waals surface area contributed by atoms with E-state index in [4.69, 9.17) is 9.15 Å². The minimum Gasteiger partial charge on any atom is -0.504 e. The quantitative estimate of drug-likeness (QED) is 0.330. The molecule has 0 saturated heterocycles. The van der Waals surface area contributed by atoms with Crippen LogP contribution in [0.15, 0.2) is 70.5 Å². The van der Waals surface area contributed by atoms with Crippen LogP contribution in [-0.4, -0.2) is 32.4 Å². The van der Waals surface area contributed by atoms with Crippen LogP contribution < -0.4 is 10.1 Å².